The van der Waals surface area contributed by atoms with Gasteiger partial charge in [-0.2, -0.15) is 0 Å². The Bertz CT molecular complexity index is 1780. The molecule has 10 nitrogen and oxygen atoms in total. The molecular formula is C35H33FN4O6. The molecule has 1 atom stereocenters. The second-order valence-corrected chi connectivity index (χ2v) is 10.8. The first kappa shape index (κ1) is 31.7. The standard InChI is InChI=1S/C35H33FN4O6/c1-38(2)26-16-14-25(15-17-26)37-34(43)32(23-11-18-29(45-3)30(19-23)46-4)40(20-22-9-12-24(36)13-10-22)31(41)21-39-28-8-6-5-7-27(28)33(42)35(39)44/h5-19,32H,20-21H2,1-4H3,(H,37,43)/t32-/m1/s1. The number of ether oxygens (including phenoxy) is 2. The van der Waals surface area contributed by atoms with Gasteiger partial charge >= 0.3 is 0 Å². The number of amides is 3. The first-order valence-electron chi connectivity index (χ1n) is 14.4. The highest BCUT2D eigenvalue weighted by Gasteiger charge is 2.39. The van der Waals surface area contributed by atoms with E-state index in [-0.39, 0.29) is 12.1 Å². The number of carbonyl (C=O) groups excluding carboxylic acids is 4. The van der Waals surface area contributed by atoms with E-state index in [9.17, 15) is 23.6 Å². The van der Waals surface area contributed by atoms with Crippen LogP contribution in [0.25, 0.3) is 0 Å². The van der Waals surface area contributed by atoms with Crippen LogP contribution < -0.4 is 24.6 Å². The molecule has 0 bridgehead atoms. The highest BCUT2D eigenvalue weighted by Crippen LogP contribution is 2.35. The van der Waals surface area contributed by atoms with Crippen molar-refractivity contribution in [3.05, 3.63) is 114 Å². The maximum atomic E-state index is 14.3. The molecule has 11 heteroatoms. The van der Waals surface area contributed by atoms with Crippen molar-refractivity contribution < 1.29 is 33.0 Å². The number of halogens is 1. The zero-order valence-electron chi connectivity index (χ0n) is 25.8. The Labute approximate surface area is 265 Å². The average Bonchev–Trinajstić information content (AvgIpc) is 3.30. The summed E-state index contributed by atoms with van der Waals surface area (Å²) in [4.78, 5) is 58.6. The molecule has 0 radical (unpaired) electrons. The molecule has 236 valence electrons. The lowest BCUT2D eigenvalue weighted by atomic mass is 10.0. The van der Waals surface area contributed by atoms with E-state index >= 15 is 0 Å². The van der Waals surface area contributed by atoms with E-state index in [4.69, 9.17) is 9.47 Å². The van der Waals surface area contributed by atoms with Gasteiger partial charge in [-0.15, -0.1) is 0 Å². The molecule has 3 amide bonds. The quantitative estimate of drug-likeness (QED) is 0.238. The summed E-state index contributed by atoms with van der Waals surface area (Å²) in [5, 5.41) is 2.91. The van der Waals surface area contributed by atoms with Crippen LogP contribution in [0.5, 0.6) is 11.5 Å². The molecule has 0 saturated carbocycles. The zero-order chi connectivity index (χ0) is 33.0. The number of Topliss-reactive ketones (excluding diaryl/α,β-unsaturated/α-hetero) is 1. The summed E-state index contributed by atoms with van der Waals surface area (Å²) < 4.78 is 24.8. The average molecular weight is 625 g/mol. The number of hydrogen-bond donors (Lipinski definition) is 1. The molecule has 5 rings (SSSR count). The molecule has 1 heterocycles. The lowest BCUT2D eigenvalue weighted by Gasteiger charge is -2.33. The number of nitrogens with one attached hydrogen (secondary N) is 1. The van der Waals surface area contributed by atoms with Gasteiger partial charge in [0.05, 0.1) is 25.5 Å². The normalized spacial score (nSPS) is 12.8. The molecular weight excluding hydrogens is 591 g/mol. The third-order valence-corrected chi connectivity index (χ3v) is 7.69. The number of nitrogens with zero attached hydrogens (tertiary/aromatic N) is 3. The van der Waals surface area contributed by atoms with Crippen molar-refractivity contribution in [3.8, 4) is 11.5 Å². The van der Waals surface area contributed by atoms with Crippen molar-refractivity contribution in [2.45, 2.75) is 12.6 Å². The number of para-hydroxylation sites is 1. The summed E-state index contributed by atoms with van der Waals surface area (Å²) in [6.07, 6.45) is 0. The highest BCUT2D eigenvalue weighted by molar-refractivity contribution is 6.52. The van der Waals surface area contributed by atoms with E-state index in [1.165, 1.54) is 49.5 Å². The Morgan fingerprint density at radius 3 is 2.20 bits per heavy atom. The number of methoxy groups -OCH3 is 2. The van der Waals surface area contributed by atoms with Gasteiger partial charge in [0, 0.05) is 32.0 Å². The summed E-state index contributed by atoms with van der Waals surface area (Å²) in [6.45, 7) is -0.639. The summed E-state index contributed by atoms with van der Waals surface area (Å²) in [5.41, 5.74) is 2.84. The van der Waals surface area contributed by atoms with Crippen LogP contribution in [0.15, 0.2) is 91.0 Å². The van der Waals surface area contributed by atoms with Crippen LogP contribution in [0.4, 0.5) is 21.5 Å². The van der Waals surface area contributed by atoms with Gasteiger partial charge in [0.25, 0.3) is 17.6 Å². The predicted molar refractivity (Wildman–Crippen MR) is 172 cm³/mol. The van der Waals surface area contributed by atoms with Gasteiger partial charge in [-0.3, -0.25) is 24.1 Å². The molecule has 1 N–H and O–H groups in total. The Balaban J connectivity index is 1.58. The first-order valence-corrected chi connectivity index (χ1v) is 14.4. The molecule has 0 saturated heterocycles. The first-order chi connectivity index (χ1) is 22.1. The number of benzene rings is 4. The van der Waals surface area contributed by atoms with Gasteiger partial charge in [0.1, 0.15) is 18.4 Å². The molecule has 0 spiro atoms. The molecule has 0 fully saturated rings. The fraction of sp³-hybridized carbons (Fsp3) is 0.200. The number of carbonyl (C=O) groups is 4. The van der Waals surface area contributed by atoms with Crippen LogP contribution in [-0.2, 0) is 20.9 Å². The van der Waals surface area contributed by atoms with Crippen LogP contribution in [0, 0.1) is 5.82 Å². The largest absolute Gasteiger partial charge is 0.493 e. The summed E-state index contributed by atoms with van der Waals surface area (Å²) in [5.74, 6) is -2.46. The van der Waals surface area contributed by atoms with Crippen molar-refractivity contribution in [1.82, 2.24) is 4.90 Å². The number of fused-ring (bicyclic) bond motifs is 1. The number of ketones is 1. The Hall–Kier alpha value is -5.71. The van der Waals surface area contributed by atoms with E-state index in [0.717, 1.165) is 10.6 Å². The van der Waals surface area contributed by atoms with Crippen LogP contribution >= 0.6 is 0 Å². The van der Waals surface area contributed by atoms with E-state index in [1.807, 2.05) is 31.1 Å². The highest BCUT2D eigenvalue weighted by atomic mass is 19.1. The number of hydrogen-bond acceptors (Lipinski definition) is 7. The molecule has 4 aromatic carbocycles. The summed E-state index contributed by atoms with van der Waals surface area (Å²) in [6, 6.07) is 22.8. The summed E-state index contributed by atoms with van der Waals surface area (Å²) in [7, 11) is 6.74. The monoisotopic (exact) mass is 624 g/mol. The topological polar surface area (TPSA) is 108 Å². The fourth-order valence-corrected chi connectivity index (χ4v) is 5.29. The third kappa shape index (κ3) is 6.53. The number of anilines is 3. The van der Waals surface area contributed by atoms with E-state index in [2.05, 4.69) is 5.32 Å². The number of rotatable bonds is 11. The van der Waals surface area contributed by atoms with Gasteiger partial charge in [-0.05, 0) is 71.8 Å². The van der Waals surface area contributed by atoms with Crippen LogP contribution in [0.3, 0.4) is 0 Å². The van der Waals surface area contributed by atoms with Gasteiger partial charge < -0.3 is 24.6 Å². The van der Waals surface area contributed by atoms with Crippen LogP contribution in [0.2, 0.25) is 0 Å². The molecule has 0 unspecified atom stereocenters. The minimum atomic E-state index is -1.26. The molecule has 1 aliphatic heterocycles. The molecule has 0 aliphatic carbocycles. The fourth-order valence-electron chi connectivity index (χ4n) is 5.29. The van der Waals surface area contributed by atoms with Gasteiger partial charge in [-0.1, -0.05) is 30.3 Å². The van der Waals surface area contributed by atoms with E-state index < -0.39 is 41.9 Å². The van der Waals surface area contributed by atoms with Crippen molar-refractivity contribution in [2.24, 2.45) is 0 Å². The minimum absolute atomic E-state index is 0.122. The Morgan fingerprint density at radius 1 is 0.870 bits per heavy atom. The third-order valence-electron chi connectivity index (χ3n) is 7.69. The Morgan fingerprint density at radius 2 is 1.54 bits per heavy atom. The van der Waals surface area contributed by atoms with E-state index in [1.54, 1.807) is 48.5 Å². The maximum Gasteiger partial charge on any atom is 0.299 e. The molecule has 46 heavy (non-hydrogen) atoms. The van der Waals surface area contributed by atoms with Gasteiger partial charge in [0.15, 0.2) is 11.5 Å². The van der Waals surface area contributed by atoms with Crippen LogP contribution in [-0.4, -0.2) is 63.3 Å². The smallest absolute Gasteiger partial charge is 0.299 e. The minimum Gasteiger partial charge on any atom is -0.493 e. The van der Waals surface area contributed by atoms with E-state index in [0.29, 0.717) is 34.0 Å². The molecule has 4 aromatic rings. The van der Waals surface area contributed by atoms with Crippen molar-refractivity contribution in [2.75, 3.05) is 50.0 Å². The molecule has 0 aromatic heterocycles. The Kier molecular flexibility index (Phi) is 9.31. The van der Waals surface area contributed by atoms with Crippen molar-refractivity contribution >= 4 is 40.6 Å². The lowest BCUT2D eigenvalue weighted by molar-refractivity contribution is -0.139. The second kappa shape index (κ2) is 13.5. The maximum absolute atomic E-state index is 14.3. The molecule has 1 aliphatic rings. The summed E-state index contributed by atoms with van der Waals surface area (Å²) >= 11 is 0. The second-order valence-electron chi connectivity index (χ2n) is 10.8. The lowest BCUT2D eigenvalue weighted by Crippen LogP contribution is -2.46. The van der Waals surface area contributed by atoms with Gasteiger partial charge in [0.2, 0.25) is 5.91 Å². The van der Waals surface area contributed by atoms with Crippen LogP contribution in [0.1, 0.15) is 27.5 Å². The zero-order valence-corrected chi connectivity index (χ0v) is 25.8. The predicted octanol–water partition coefficient (Wildman–Crippen LogP) is 4.85. The van der Waals surface area contributed by atoms with Crippen molar-refractivity contribution in [3.63, 3.8) is 0 Å². The van der Waals surface area contributed by atoms with Gasteiger partial charge in [-0.25, -0.2) is 4.39 Å². The SMILES string of the molecule is COc1ccc([C@H](C(=O)Nc2ccc(N(C)C)cc2)N(Cc2ccc(F)cc2)C(=O)CN2C(=O)C(=O)c3ccccc32)cc1OC. The van der Waals surface area contributed by atoms with Crippen molar-refractivity contribution in [1.29, 1.82) is 0 Å².